The standard InChI is InChI=1S/C22H28N4O/c1-16-20-9-6-12-26(15-18-7-4-3-5-8-18)22(20)24-21(23-16)19-10-13-25(14-11-19)17(2)27/h3-5,7-8,19H,6,9-15H2,1-2H3. The lowest BCUT2D eigenvalue weighted by atomic mass is 9.95. The van der Waals surface area contributed by atoms with Gasteiger partial charge in [0.1, 0.15) is 11.6 Å². The molecule has 27 heavy (non-hydrogen) atoms. The van der Waals surface area contributed by atoms with Gasteiger partial charge in [0.15, 0.2) is 0 Å². The first-order valence-electron chi connectivity index (χ1n) is 10.0. The van der Waals surface area contributed by atoms with Gasteiger partial charge in [-0.2, -0.15) is 0 Å². The van der Waals surface area contributed by atoms with E-state index in [-0.39, 0.29) is 5.91 Å². The van der Waals surface area contributed by atoms with E-state index in [0.29, 0.717) is 5.92 Å². The lowest BCUT2D eigenvalue weighted by Crippen LogP contribution is -2.37. The lowest BCUT2D eigenvalue weighted by molar-refractivity contribution is -0.129. The van der Waals surface area contributed by atoms with Gasteiger partial charge in [0.05, 0.1) is 0 Å². The zero-order valence-electron chi connectivity index (χ0n) is 16.3. The van der Waals surface area contributed by atoms with Gasteiger partial charge in [-0.1, -0.05) is 30.3 Å². The molecule has 1 aromatic carbocycles. The Labute approximate surface area is 161 Å². The second-order valence-corrected chi connectivity index (χ2v) is 7.76. The third-order valence-corrected chi connectivity index (χ3v) is 5.89. The van der Waals surface area contributed by atoms with Gasteiger partial charge in [-0.15, -0.1) is 0 Å². The number of aryl methyl sites for hydroxylation is 1. The summed E-state index contributed by atoms with van der Waals surface area (Å²) in [7, 11) is 0. The highest BCUT2D eigenvalue weighted by Crippen LogP contribution is 2.32. The van der Waals surface area contributed by atoms with E-state index in [0.717, 1.165) is 69.2 Å². The van der Waals surface area contributed by atoms with Crippen LogP contribution in [0.3, 0.4) is 0 Å². The number of hydrogen-bond donors (Lipinski definition) is 0. The van der Waals surface area contributed by atoms with Crippen LogP contribution >= 0.6 is 0 Å². The van der Waals surface area contributed by atoms with Crippen LogP contribution < -0.4 is 4.90 Å². The van der Waals surface area contributed by atoms with Crippen molar-refractivity contribution in [2.75, 3.05) is 24.5 Å². The number of likely N-dealkylation sites (tertiary alicyclic amines) is 1. The molecule has 0 aliphatic carbocycles. The van der Waals surface area contributed by atoms with Crippen LogP contribution in [0.25, 0.3) is 0 Å². The summed E-state index contributed by atoms with van der Waals surface area (Å²) in [4.78, 5) is 25.9. The summed E-state index contributed by atoms with van der Waals surface area (Å²) >= 11 is 0. The highest BCUT2D eigenvalue weighted by atomic mass is 16.2. The Morgan fingerprint density at radius 2 is 1.85 bits per heavy atom. The van der Waals surface area contributed by atoms with Gasteiger partial charge in [-0.05, 0) is 38.2 Å². The predicted molar refractivity (Wildman–Crippen MR) is 107 cm³/mol. The molecule has 0 atom stereocenters. The first kappa shape index (κ1) is 18.0. The van der Waals surface area contributed by atoms with Crippen molar-refractivity contribution in [2.24, 2.45) is 0 Å². The van der Waals surface area contributed by atoms with E-state index in [1.807, 2.05) is 4.90 Å². The SMILES string of the molecule is CC(=O)N1CCC(c2nc(C)c3c(n2)N(Cc2ccccc2)CCC3)CC1. The third kappa shape index (κ3) is 3.82. The lowest BCUT2D eigenvalue weighted by Gasteiger charge is -2.34. The molecule has 0 spiro atoms. The molecule has 0 N–H and O–H groups in total. The maximum Gasteiger partial charge on any atom is 0.219 e. The molecule has 5 heteroatoms. The van der Waals surface area contributed by atoms with E-state index in [1.165, 1.54) is 11.1 Å². The molecule has 1 aromatic heterocycles. The van der Waals surface area contributed by atoms with E-state index in [9.17, 15) is 4.79 Å². The number of fused-ring (bicyclic) bond motifs is 1. The maximum atomic E-state index is 11.6. The van der Waals surface area contributed by atoms with Crippen LogP contribution in [-0.4, -0.2) is 40.4 Å². The van der Waals surface area contributed by atoms with Crippen LogP contribution in [0.15, 0.2) is 30.3 Å². The molecule has 0 bridgehead atoms. The minimum atomic E-state index is 0.171. The number of anilines is 1. The number of piperidine rings is 1. The fourth-order valence-electron chi connectivity index (χ4n) is 4.30. The molecular weight excluding hydrogens is 336 g/mol. The molecule has 1 fully saturated rings. The number of carbonyl (C=O) groups excluding carboxylic acids is 1. The Kier molecular flexibility index (Phi) is 5.10. The number of carbonyl (C=O) groups is 1. The number of amides is 1. The maximum absolute atomic E-state index is 11.6. The summed E-state index contributed by atoms with van der Waals surface area (Å²) in [6.07, 6.45) is 4.13. The number of aromatic nitrogens is 2. The fraction of sp³-hybridized carbons (Fsp3) is 0.500. The van der Waals surface area contributed by atoms with Crippen molar-refractivity contribution >= 4 is 11.7 Å². The Hall–Kier alpha value is -2.43. The summed E-state index contributed by atoms with van der Waals surface area (Å²) in [6.45, 7) is 7.34. The van der Waals surface area contributed by atoms with E-state index >= 15 is 0 Å². The van der Waals surface area contributed by atoms with Gasteiger partial charge in [-0.25, -0.2) is 9.97 Å². The Morgan fingerprint density at radius 1 is 1.11 bits per heavy atom. The summed E-state index contributed by atoms with van der Waals surface area (Å²) in [6, 6.07) is 10.6. The smallest absolute Gasteiger partial charge is 0.219 e. The van der Waals surface area contributed by atoms with Crippen molar-refractivity contribution in [3.63, 3.8) is 0 Å². The van der Waals surface area contributed by atoms with Gasteiger partial charge in [0, 0.05) is 50.3 Å². The van der Waals surface area contributed by atoms with Crippen LogP contribution in [0.5, 0.6) is 0 Å². The van der Waals surface area contributed by atoms with Crippen molar-refractivity contribution in [1.82, 2.24) is 14.9 Å². The average Bonchev–Trinajstić information content (AvgIpc) is 2.69. The van der Waals surface area contributed by atoms with Crippen molar-refractivity contribution in [1.29, 1.82) is 0 Å². The van der Waals surface area contributed by atoms with Gasteiger partial charge in [0.25, 0.3) is 0 Å². The highest BCUT2D eigenvalue weighted by molar-refractivity contribution is 5.73. The van der Waals surface area contributed by atoms with Crippen LogP contribution in [0.1, 0.15) is 54.7 Å². The molecule has 2 aliphatic rings. The van der Waals surface area contributed by atoms with Gasteiger partial charge < -0.3 is 9.80 Å². The second kappa shape index (κ2) is 7.67. The molecule has 142 valence electrons. The highest BCUT2D eigenvalue weighted by Gasteiger charge is 2.27. The molecule has 2 aromatic rings. The topological polar surface area (TPSA) is 49.3 Å². The summed E-state index contributed by atoms with van der Waals surface area (Å²) in [5, 5.41) is 0. The van der Waals surface area contributed by atoms with Gasteiger partial charge in [-0.3, -0.25) is 4.79 Å². The first-order valence-corrected chi connectivity index (χ1v) is 10.0. The zero-order valence-corrected chi connectivity index (χ0v) is 16.3. The van der Waals surface area contributed by atoms with Crippen molar-refractivity contribution in [3.8, 4) is 0 Å². The number of nitrogens with zero attached hydrogens (tertiary/aromatic N) is 4. The van der Waals surface area contributed by atoms with Crippen molar-refractivity contribution in [3.05, 3.63) is 53.0 Å². The Morgan fingerprint density at radius 3 is 2.56 bits per heavy atom. The normalized spacial score (nSPS) is 17.7. The summed E-state index contributed by atoms with van der Waals surface area (Å²) in [5.74, 6) is 2.62. The zero-order chi connectivity index (χ0) is 18.8. The molecule has 3 heterocycles. The first-order chi connectivity index (χ1) is 13.1. The number of hydrogen-bond acceptors (Lipinski definition) is 4. The molecule has 5 nitrogen and oxygen atoms in total. The molecule has 2 aliphatic heterocycles. The largest absolute Gasteiger partial charge is 0.352 e. The quantitative estimate of drug-likeness (QED) is 0.837. The van der Waals surface area contributed by atoms with E-state index < -0.39 is 0 Å². The van der Waals surface area contributed by atoms with Crippen LogP contribution in [0.2, 0.25) is 0 Å². The fourth-order valence-corrected chi connectivity index (χ4v) is 4.30. The van der Waals surface area contributed by atoms with Crippen LogP contribution in [-0.2, 0) is 17.8 Å². The molecule has 4 rings (SSSR count). The molecule has 0 unspecified atom stereocenters. The van der Waals surface area contributed by atoms with E-state index in [2.05, 4.69) is 42.2 Å². The predicted octanol–water partition coefficient (Wildman–Crippen LogP) is 3.46. The summed E-state index contributed by atoms with van der Waals surface area (Å²) < 4.78 is 0. The molecule has 1 saturated heterocycles. The molecule has 0 saturated carbocycles. The van der Waals surface area contributed by atoms with Gasteiger partial charge >= 0.3 is 0 Å². The number of rotatable bonds is 3. The molecular formula is C22H28N4O. The second-order valence-electron chi connectivity index (χ2n) is 7.76. The van der Waals surface area contributed by atoms with E-state index in [1.54, 1.807) is 6.92 Å². The number of benzene rings is 1. The van der Waals surface area contributed by atoms with Crippen LogP contribution in [0.4, 0.5) is 5.82 Å². The van der Waals surface area contributed by atoms with Crippen LogP contribution in [0, 0.1) is 6.92 Å². The summed E-state index contributed by atoms with van der Waals surface area (Å²) in [5.41, 5.74) is 3.75. The monoisotopic (exact) mass is 364 g/mol. The molecule has 0 radical (unpaired) electrons. The average molecular weight is 364 g/mol. The van der Waals surface area contributed by atoms with Gasteiger partial charge in [0.2, 0.25) is 5.91 Å². The van der Waals surface area contributed by atoms with Crippen molar-refractivity contribution in [2.45, 2.75) is 52.0 Å². The third-order valence-electron chi connectivity index (χ3n) is 5.89. The minimum Gasteiger partial charge on any atom is -0.352 e. The molecule has 1 amide bonds. The Bertz CT molecular complexity index is 813. The van der Waals surface area contributed by atoms with Crippen molar-refractivity contribution < 1.29 is 4.79 Å². The van der Waals surface area contributed by atoms with E-state index in [4.69, 9.17) is 9.97 Å². The minimum absolute atomic E-state index is 0.171. The Balaban J connectivity index is 1.58.